The second kappa shape index (κ2) is 10.0. The molecular weight excluding hydrogens is 523 g/mol. The topological polar surface area (TPSA) is 107 Å². The summed E-state index contributed by atoms with van der Waals surface area (Å²) in [6.07, 6.45) is 0.332. The summed E-state index contributed by atoms with van der Waals surface area (Å²) in [7, 11) is 0. The fourth-order valence-corrected chi connectivity index (χ4v) is 5.96. The maximum absolute atomic E-state index is 15.0. The minimum Gasteiger partial charge on any atom is -0.465 e. The SMILES string of the molecule is CCOC(=O)C1=C(CN2CC(F)(F)[C@@H]3CN(C(=O)O)C[C@@H]32)NC(c2nccs2)=N[C@H]1c1cccc(F)c1C. The van der Waals surface area contributed by atoms with E-state index in [1.807, 2.05) is 0 Å². The minimum absolute atomic E-state index is 0.0631. The number of rotatable bonds is 6. The first kappa shape index (κ1) is 26.2. The van der Waals surface area contributed by atoms with Crippen molar-refractivity contribution < 1.29 is 32.6 Å². The van der Waals surface area contributed by atoms with Crippen molar-refractivity contribution in [1.29, 1.82) is 0 Å². The first-order valence-corrected chi connectivity index (χ1v) is 13.0. The first-order chi connectivity index (χ1) is 18.1. The van der Waals surface area contributed by atoms with Crippen LogP contribution in [0.3, 0.4) is 0 Å². The van der Waals surface area contributed by atoms with Gasteiger partial charge in [0.05, 0.1) is 24.6 Å². The molecule has 3 aliphatic heterocycles. The van der Waals surface area contributed by atoms with E-state index in [2.05, 4.69) is 10.3 Å². The third kappa shape index (κ3) is 4.64. The van der Waals surface area contributed by atoms with Gasteiger partial charge in [-0.05, 0) is 31.0 Å². The zero-order chi connectivity index (χ0) is 27.2. The zero-order valence-corrected chi connectivity index (χ0v) is 21.5. The molecular formula is C25H26F3N5O4S. The number of aliphatic imine (C=N–C) groups is 1. The summed E-state index contributed by atoms with van der Waals surface area (Å²) in [6.45, 7) is 2.24. The number of carbonyl (C=O) groups excluding carboxylic acids is 1. The Balaban J connectivity index is 1.60. The standard InChI is InChI=1S/C25H26F3N5O4S/c1-3-37-23(34)19-17(10-33-12-25(27,28)15-9-32(24(35)36)11-18(15)33)30-21(22-29-7-8-38-22)31-20(19)14-5-4-6-16(26)13(14)2/h4-8,15,18,20H,3,9-12H2,1-2H3,(H,30,31)(H,35,36)/t15-,18+,20+/m1/s1. The second-order valence-corrected chi connectivity index (χ2v) is 10.3. The number of ether oxygens (including phenoxy) is 1. The summed E-state index contributed by atoms with van der Waals surface area (Å²) in [4.78, 5) is 36.3. The van der Waals surface area contributed by atoms with Gasteiger partial charge in [0, 0.05) is 43.0 Å². The molecule has 1 amide bonds. The molecule has 0 radical (unpaired) electrons. The molecule has 13 heteroatoms. The van der Waals surface area contributed by atoms with Crippen molar-refractivity contribution in [2.45, 2.75) is 31.9 Å². The summed E-state index contributed by atoms with van der Waals surface area (Å²) < 4.78 is 49.9. The Labute approximate surface area is 220 Å². The predicted octanol–water partition coefficient (Wildman–Crippen LogP) is 3.43. The Morgan fingerprint density at radius 1 is 1.32 bits per heavy atom. The number of aromatic nitrogens is 1. The summed E-state index contributed by atoms with van der Waals surface area (Å²) in [5.41, 5.74) is 1.09. The fraction of sp³-hybridized carbons (Fsp3) is 0.440. The van der Waals surface area contributed by atoms with Crippen molar-refractivity contribution >= 4 is 29.2 Å². The van der Waals surface area contributed by atoms with Crippen LogP contribution in [0.25, 0.3) is 0 Å². The number of alkyl halides is 2. The number of hydrogen-bond donors (Lipinski definition) is 2. The lowest BCUT2D eigenvalue weighted by Gasteiger charge is -2.31. The van der Waals surface area contributed by atoms with Crippen molar-refractivity contribution in [3.63, 3.8) is 0 Å². The van der Waals surface area contributed by atoms with E-state index in [9.17, 15) is 27.9 Å². The number of carbonyl (C=O) groups is 2. The van der Waals surface area contributed by atoms with Gasteiger partial charge in [0.1, 0.15) is 11.9 Å². The molecule has 2 fully saturated rings. The lowest BCUT2D eigenvalue weighted by Crippen LogP contribution is -2.43. The molecule has 3 atom stereocenters. The number of halogens is 3. The van der Waals surface area contributed by atoms with E-state index in [0.717, 1.165) is 4.90 Å². The van der Waals surface area contributed by atoms with Gasteiger partial charge in [0.15, 0.2) is 10.8 Å². The number of benzene rings is 1. The largest absolute Gasteiger partial charge is 0.465 e. The molecule has 9 nitrogen and oxygen atoms in total. The molecule has 0 aliphatic carbocycles. The Hall–Kier alpha value is -3.45. The number of hydrogen-bond acceptors (Lipinski definition) is 8. The molecule has 0 bridgehead atoms. The average Bonchev–Trinajstić information content (AvgIpc) is 3.60. The smallest absolute Gasteiger partial charge is 0.407 e. The Morgan fingerprint density at radius 2 is 2.11 bits per heavy atom. The van der Waals surface area contributed by atoms with Crippen molar-refractivity contribution in [3.05, 3.63) is 63.0 Å². The van der Waals surface area contributed by atoms with Gasteiger partial charge in [-0.25, -0.2) is 27.7 Å². The van der Waals surface area contributed by atoms with Crippen molar-refractivity contribution in [1.82, 2.24) is 20.1 Å². The van der Waals surface area contributed by atoms with E-state index < -0.39 is 48.3 Å². The molecule has 202 valence electrons. The van der Waals surface area contributed by atoms with Crippen LogP contribution < -0.4 is 5.32 Å². The molecule has 1 aromatic carbocycles. The normalized spacial score (nSPS) is 24.7. The van der Waals surface area contributed by atoms with E-state index in [4.69, 9.17) is 9.73 Å². The maximum atomic E-state index is 15.0. The highest BCUT2D eigenvalue weighted by molar-refractivity contribution is 7.11. The molecule has 2 saturated heterocycles. The first-order valence-electron chi connectivity index (χ1n) is 12.1. The number of esters is 1. The highest BCUT2D eigenvalue weighted by Gasteiger charge is 2.59. The van der Waals surface area contributed by atoms with Crippen LogP contribution in [0, 0.1) is 18.7 Å². The maximum Gasteiger partial charge on any atom is 0.407 e. The number of fused-ring (bicyclic) bond motifs is 1. The van der Waals surface area contributed by atoms with E-state index in [-0.39, 0.29) is 37.5 Å². The Morgan fingerprint density at radius 3 is 2.79 bits per heavy atom. The monoisotopic (exact) mass is 549 g/mol. The van der Waals surface area contributed by atoms with Crippen LogP contribution in [0.4, 0.5) is 18.0 Å². The van der Waals surface area contributed by atoms with Gasteiger partial charge in [-0.15, -0.1) is 11.3 Å². The predicted molar refractivity (Wildman–Crippen MR) is 133 cm³/mol. The van der Waals surface area contributed by atoms with Crippen LogP contribution in [0.1, 0.15) is 29.1 Å². The van der Waals surface area contributed by atoms with Crippen LogP contribution in [-0.4, -0.2) is 82.5 Å². The van der Waals surface area contributed by atoms with E-state index in [0.29, 0.717) is 22.0 Å². The molecule has 0 saturated carbocycles. The van der Waals surface area contributed by atoms with Crippen molar-refractivity contribution in [2.24, 2.45) is 10.9 Å². The fourth-order valence-electron chi connectivity index (χ4n) is 5.37. The number of nitrogens with one attached hydrogen (secondary N) is 1. The highest BCUT2D eigenvalue weighted by Crippen LogP contribution is 2.43. The third-order valence-electron chi connectivity index (χ3n) is 7.21. The lowest BCUT2D eigenvalue weighted by molar-refractivity contribution is -0.139. The van der Waals surface area contributed by atoms with Gasteiger partial charge in [-0.3, -0.25) is 9.89 Å². The molecule has 3 aliphatic rings. The van der Waals surface area contributed by atoms with Crippen LogP contribution in [-0.2, 0) is 9.53 Å². The second-order valence-electron chi connectivity index (χ2n) is 9.44. The van der Waals surface area contributed by atoms with Crippen LogP contribution in [0.2, 0.25) is 0 Å². The summed E-state index contributed by atoms with van der Waals surface area (Å²) in [5.74, 6) is -5.14. The van der Waals surface area contributed by atoms with Gasteiger partial charge >= 0.3 is 12.1 Å². The van der Waals surface area contributed by atoms with Crippen molar-refractivity contribution in [2.75, 3.05) is 32.8 Å². The van der Waals surface area contributed by atoms with Crippen LogP contribution >= 0.6 is 11.3 Å². The molecule has 38 heavy (non-hydrogen) atoms. The number of likely N-dealkylation sites (tertiary alicyclic amines) is 2. The Bertz CT molecular complexity index is 1320. The summed E-state index contributed by atoms with van der Waals surface area (Å²) in [5, 5.41) is 14.8. The van der Waals surface area contributed by atoms with Gasteiger partial charge < -0.3 is 20.1 Å². The highest BCUT2D eigenvalue weighted by atomic mass is 32.1. The van der Waals surface area contributed by atoms with Gasteiger partial charge in [-0.1, -0.05) is 12.1 Å². The molecule has 0 spiro atoms. The number of thiazole rings is 1. The van der Waals surface area contributed by atoms with E-state index in [1.165, 1.54) is 28.4 Å². The number of nitrogens with zero attached hydrogens (tertiary/aromatic N) is 4. The Kier molecular flexibility index (Phi) is 6.90. The van der Waals surface area contributed by atoms with E-state index in [1.54, 1.807) is 31.5 Å². The summed E-state index contributed by atoms with van der Waals surface area (Å²) >= 11 is 1.29. The third-order valence-corrected chi connectivity index (χ3v) is 7.99. The zero-order valence-electron chi connectivity index (χ0n) is 20.7. The molecule has 2 aromatic rings. The van der Waals surface area contributed by atoms with Gasteiger partial charge in [0.2, 0.25) is 0 Å². The quantitative estimate of drug-likeness (QED) is 0.532. The molecule has 4 heterocycles. The lowest BCUT2D eigenvalue weighted by atomic mass is 9.92. The average molecular weight is 550 g/mol. The molecule has 0 unspecified atom stereocenters. The summed E-state index contributed by atoms with van der Waals surface area (Å²) in [6, 6.07) is 2.77. The minimum atomic E-state index is -3.11. The van der Waals surface area contributed by atoms with Crippen LogP contribution in [0.15, 0.2) is 46.0 Å². The van der Waals surface area contributed by atoms with Gasteiger partial charge in [-0.2, -0.15) is 0 Å². The molecule has 2 N–H and O–H groups in total. The molecule has 1 aromatic heterocycles. The van der Waals surface area contributed by atoms with E-state index >= 15 is 0 Å². The number of amidine groups is 1. The van der Waals surface area contributed by atoms with Gasteiger partial charge in [0.25, 0.3) is 5.92 Å². The number of carboxylic acid groups (broad SMARTS) is 1. The van der Waals surface area contributed by atoms with Crippen LogP contribution in [0.5, 0.6) is 0 Å². The molecule has 5 rings (SSSR count). The number of amides is 1. The van der Waals surface area contributed by atoms with Crippen molar-refractivity contribution in [3.8, 4) is 0 Å².